The lowest BCUT2D eigenvalue weighted by Gasteiger charge is -2.30. The van der Waals surface area contributed by atoms with Crippen LogP contribution in [-0.2, 0) is 6.54 Å². The quantitative estimate of drug-likeness (QED) is 0.483. The molecule has 196 valence electrons. The van der Waals surface area contributed by atoms with E-state index in [9.17, 15) is 18.0 Å². The first-order valence-corrected chi connectivity index (χ1v) is 12.2. The number of pyridine rings is 1. The van der Waals surface area contributed by atoms with Crippen molar-refractivity contribution in [3.05, 3.63) is 54.0 Å². The fraction of sp³-hybridized carbons (Fsp3) is 0.407. The lowest BCUT2D eigenvalue weighted by Crippen LogP contribution is -2.36. The summed E-state index contributed by atoms with van der Waals surface area (Å²) in [5, 5.41) is 7.34. The second-order valence-corrected chi connectivity index (χ2v) is 9.48. The number of hydrogen-bond donors (Lipinski definition) is 2. The molecular formula is C27H31F3N6O. The Labute approximate surface area is 214 Å². The number of alkyl halides is 3. The first-order chi connectivity index (χ1) is 17.6. The fourth-order valence-electron chi connectivity index (χ4n) is 4.37. The molecule has 0 unspecified atom stereocenters. The number of carbonyl (C=O) groups excluding carboxylic acids is 1. The first kappa shape index (κ1) is 26.4. The highest BCUT2D eigenvalue weighted by Crippen LogP contribution is 2.31. The van der Waals surface area contributed by atoms with Crippen molar-refractivity contribution in [1.29, 1.82) is 0 Å². The van der Waals surface area contributed by atoms with Crippen molar-refractivity contribution in [1.82, 2.24) is 19.4 Å². The topological polar surface area (TPSA) is 65.4 Å². The molecule has 3 aromatic rings. The number of likely N-dealkylation sites (tertiary alicyclic amines) is 1. The number of rotatable bonds is 6. The van der Waals surface area contributed by atoms with E-state index in [1.54, 1.807) is 44.4 Å². The Bertz CT molecular complexity index is 1300. The van der Waals surface area contributed by atoms with E-state index in [1.165, 1.54) is 15.7 Å². The minimum Gasteiger partial charge on any atom is -0.382 e. The number of benzene rings is 1. The number of halogens is 3. The van der Waals surface area contributed by atoms with Crippen LogP contribution in [-0.4, -0.2) is 78.3 Å². The molecule has 4 rings (SSSR count). The Hall–Kier alpha value is -3.71. The third-order valence-electron chi connectivity index (χ3n) is 6.35. The maximum Gasteiger partial charge on any atom is 0.406 e. The zero-order chi connectivity index (χ0) is 26.6. The van der Waals surface area contributed by atoms with Crippen LogP contribution in [0, 0.1) is 11.8 Å². The molecule has 2 N–H and O–H groups in total. The van der Waals surface area contributed by atoms with Crippen molar-refractivity contribution in [2.24, 2.45) is 0 Å². The first-order valence-electron chi connectivity index (χ1n) is 12.2. The number of carbonyl (C=O) groups is 1. The fourth-order valence-corrected chi connectivity index (χ4v) is 4.37. The van der Waals surface area contributed by atoms with E-state index in [0.29, 0.717) is 22.6 Å². The van der Waals surface area contributed by atoms with Crippen molar-refractivity contribution in [3.8, 4) is 11.8 Å². The molecule has 1 aliphatic rings. The smallest absolute Gasteiger partial charge is 0.382 e. The van der Waals surface area contributed by atoms with E-state index in [4.69, 9.17) is 0 Å². The molecule has 7 nitrogen and oxygen atoms in total. The summed E-state index contributed by atoms with van der Waals surface area (Å²) in [7, 11) is 5.39. The summed E-state index contributed by atoms with van der Waals surface area (Å²) in [6, 6.07) is 10.7. The van der Waals surface area contributed by atoms with Crippen LogP contribution >= 0.6 is 0 Å². The van der Waals surface area contributed by atoms with Crippen LogP contribution in [0.2, 0.25) is 0 Å². The largest absolute Gasteiger partial charge is 0.406 e. The molecular weight excluding hydrogens is 481 g/mol. The molecule has 0 bridgehead atoms. The van der Waals surface area contributed by atoms with Gasteiger partial charge in [-0.3, -0.25) is 4.79 Å². The van der Waals surface area contributed by atoms with Gasteiger partial charge in [-0.15, -0.1) is 0 Å². The van der Waals surface area contributed by atoms with E-state index in [0.717, 1.165) is 37.0 Å². The molecule has 3 heterocycles. The Morgan fingerprint density at radius 1 is 1.19 bits per heavy atom. The van der Waals surface area contributed by atoms with Gasteiger partial charge in [-0.05, 0) is 69.2 Å². The highest BCUT2D eigenvalue weighted by Gasteiger charge is 2.30. The van der Waals surface area contributed by atoms with Crippen LogP contribution in [0.1, 0.15) is 29.0 Å². The molecule has 2 aromatic heterocycles. The zero-order valence-corrected chi connectivity index (χ0v) is 21.2. The van der Waals surface area contributed by atoms with Crippen molar-refractivity contribution < 1.29 is 18.0 Å². The van der Waals surface area contributed by atoms with Gasteiger partial charge >= 0.3 is 6.18 Å². The van der Waals surface area contributed by atoms with Crippen LogP contribution in [0.15, 0.2) is 42.6 Å². The monoisotopic (exact) mass is 512 g/mol. The average Bonchev–Trinajstić information content (AvgIpc) is 3.20. The maximum absolute atomic E-state index is 13.5. The normalized spacial score (nSPS) is 14.8. The number of nitrogens with one attached hydrogen (secondary N) is 2. The Morgan fingerprint density at radius 3 is 2.59 bits per heavy atom. The van der Waals surface area contributed by atoms with E-state index in [1.807, 2.05) is 6.07 Å². The van der Waals surface area contributed by atoms with Crippen LogP contribution < -0.4 is 10.6 Å². The molecule has 1 fully saturated rings. The van der Waals surface area contributed by atoms with Gasteiger partial charge < -0.3 is 25.0 Å². The standard InChI is InChI=1S/C27H31F3N6O/c1-34(2)26(37)24-10-9-20(17-32-24)31-13-5-6-21-16-22-23(33-19-11-14-35(3)15-12-19)7-4-8-25(22)36(21)18-27(28,29)30/h4,7-10,16-17,19,31,33H,11-15,18H2,1-3H3. The van der Waals surface area contributed by atoms with Gasteiger partial charge in [0.2, 0.25) is 0 Å². The van der Waals surface area contributed by atoms with Crippen molar-refractivity contribution in [2.45, 2.75) is 31.6 Å². The van der Waals surface area contributed by atoms with Crippen LogP contribution in [0.5, 0.6) is 0 Å². The van der Waals surface area contributed by atoms with Crippen LogP contribution in [0.3, 0.4) is 0 Å². The summed E-state index contributed by atoms with van der Waals surface area (Å²) in [6.45, 7) is 1.06. The van der Waals surface area contributed by atoms with Crippen LogP contribution in [0.25, 0.3) is 10.9 Å². The number of hydrogen-bond acceptors (Lipinski definition) is 5. The Kier molecular flexibility index (Phi) is 7.93. The number of aromatic nitrogens is 2. The second-order valence-electron chi connectivity index (χ2n) is 9.48. The highest BCUT2D eigenvalue weighted by atomic mass is 19.4. The Morgan fingerprint density at radius 2 is 1.95 bits per heavy atom. The molecule has 1 aliphatic heterocycles. The van der Waals surface area contributed by atoms with E-state index in [-0.39, 0.29) is 18.5 Å². The number of piperidine rings is 1. The molecule has 1 aromatic carbocycles. The van der Waals surface area contributed by atoms with Gasteiger partial charge in [0, 0.05) is 31.2 Å². The number of nitrogens with zero attached hydrogens (tertiary/aromatic N) is 4. The number of anilines is 2. The van der Waals surface area contributed by atoms with E-state index >= 15 is 0 Å². The van der Waals surface area contributed by atoms with Gasteiger partial charge in [0.15, 0.2) is 0 Å². The lowest BCUT2D eigenvalue weighted by molar-refractivity contribution is -0.140. The SMILES string of the molecule is CN1CCC(Nc2cccc3c2cc(C#CCNc2ccc(C(=O)N(C)C)nc2)n3CC(F)(F)F)CC1. The molecule has 0 spiro atoms. The summed E-state index contributed by atoms with van der Waals surface area (Å²) in [6.07, 6.45) is -0.892. The summed E-state index contributed by atoms with van der Waals surface area (Å²) in [5.74, 6) is 5.63. The van der Waals surface area contributed by atoms with Gasteiger partial charge in [-0.1, -0.05) is 12.0 Å². The van der Waals surface area contributed by atoms with Crippen molar-refractivity contribution in [3.63, 3.8) is 0 Å². The van der Waals surface area contributed by atoms with Gasteiger partial charge in [0.05, 0.1) is 29.6 Å². The Balaban J connectivity index is 1.53. The van der Waals surface area contributed by atoms with Gasteiger partial charge in [0.1, 0.15) is 12.2 Å². The average molecular weight is 513 g/mol. The van der Waals surface area contributed by atoms with Crippen LogP contribution in [0.4, 0.5) is 24.5 Å². The predicted molar refractivity (Wildman–Crippen MR) is 140 cm³/mol. The zero-order valence-electron chi connectivity index (χ0n) is 21.2. The summed E-state index contributed by atoms with van der Waals surface area (Å²) >= 11 is 0. The summed E-state index contributed by atoms with van der Waals surface area (Å²) in [5.41, 5.74) is 2.61. The number of fused-ring (bicyclic) bond motifs is 1. The molecule has 0 radical (unpaired) electrons. The second kappa shape index (κ2) is 11.1. The summed E-state index contributed by atoms with van der Waals surface area (Å²) in [4.78, 5) is 19.8. The molecule has 37 heavy (non-hydrogen) atoms. The van der Waals surface area contributed by atoms with Gasteiger partial charge in [0.25, 0.3) is 5.91 Å². The summed E-state index contributed by atoms with van der Waals surface area (Å²) < 4.78 is 41.6. The molecule has 1 saturated heterocycles. The minimum absolute atomic E-state index is 0.200. The molecule has 0 aliphatic carbocycles. The highest BCUT2D eigenvalue weighted by molar-refractivity contribution is 5.94. The third kappa shape index (κ3) is 6.74. The lowest BCUT2D eigenvalue weighted by atomic mass is 10.0. The van der Waals surface area contributed by atoms with Crippen molar-refractivity contribution in [2.75, 3.05) is 51.4 Å². The third-order valence-corrected chi connectivity index (χ3v) is 6.35. The maximum atomic E-state index is 13.5. The van der Waals surface area contributed by atoms with Gasteiger partial charge in [-0.2, -0.15) is 13.2 Å². The van der Waals surface area contributed by atoms with Crippen molar-refractivity contribution >= 4 is 28.2 Å². The van der Waals surface area contributed by atoms with E-state index in [2.05, 4.69) is 39.4 Å². The minimum atomic E-state index is -4.38. The molecule has 0 atom stereocenters. The molecule has 10 heteroatoms. The number of amides is 1. The molecule has 0 saturated carbocycles. The van der Waals surface area contributed by atoms with Gasteiger partial charge in [-0.25, -0.2) is 4.98 Å². The predicted octanol–water partition coefficient (Wildman–Crippen LogP) is 4.27. The molecule has 1 amide bonds. The van der Waals surface area contributed by atoms with E-state index < -0.39 is 12.7 Å².